The predicted octanol–water partition coefficient (Wildman–Crippen LogP) is 13.1. The number of likely N-dealkylation sites (N-methyl/N-ethyl adjacent to an activating group) is 1. The Labute approximate surface area is 342 Å². The van der Waals surface area contributed by atoms with Gasteiger partial charge >= 0.3 is 7.82 Å². The van der Waals surface area contributed by atoms with Crippen LogP contribution in [0.4, 0.5) is 0 Å². The van der Waals surface area contributed by atoms with Gasteiger partial charge in [-0.3, -0.25) is 13.8 Å². The van der Waals surface area contributed by atoms with E-state index >= 15 is 0 Å². The second kappa shape index (κ2) is 38.7. The Morgan fingerprint density at radius 3 is 1.35 bits per heavy atom. The van der Waals surface area contributed by atoms with Crippen LogP contribution in [0.25, 0.3) is 0 Å². The number of amides is 1. The number of aliphatic hydroxyl groups excluding tert-OH is 1. The molecule has 3 atom stereocenters. The second-order valence-corrected chi connectivity index (χ2v) is 18.9. The molecule has 3 unspecified atom stereocenters. The van der Waals surface area contributed by atoms with Gasteiger partial charge in [-0.05, 0) is 19.3 Å². The number of nitrogens with one attached hydrogen (secondary N) is 1. The summed E-state index contributed by atoms with van der Waals surface area (Å²) in [5, 5.41) is 13.9. The molecular formula is C46H94N2O6P+. The molecule has 0 spiro atoms. The van der Waals surface area contributed by atoms with Gasteiger partial charge in [-0.25, -0.2) is 4.57 Å². The lowest BCUT2D eigenvalue weighted by atomic mass is 10.0. The molecule has 0 bridgehead atoms. The van der Waals surface area contributed by atoms with E-state index in [9.17, 15) is 19.4 Å². The zero-order valence-corrected chi connectivity index (χ0v) is 38.1. The Bertz CT molecular complexity index is 911. The summed E-state index contributed by atoms with van der Waals surface area (Å²) >= 11 is 0. The van der Waals surface area contributed by atoms with Crippen molar-refractivity contribution in [1.29, 1.82) is 0 Å². The number of aliphatic hydroxyl groups is 1. The molecular weight excluding hydrogens is 707 g/mol. The fourth-order valence-corrected chi connectivity index (χ4v) is 7.72. The number of carbonyl (C=O) groups excluding carboxylic acids is 1. The van der Waals surface area contributed by atoms with Gasteiger partial charge in [0.1, 0.15) is 13.2 Å². The number of quaternary nitrogens is 1. The summed E-state index contributed by atoms with van der Waals surface area (Å²) in [6, 6.07) is -0.840. The SMILES string of the molecule is CCCCCCCCCCCCCCCCC/C=C/C(O)C(COP(=O)(O)OCC[N+](C)(C)C)NC(=O)CCCCCCCCCCCCCCCCCC. The first-order valence-electron chi connectivity index (χ1n) is 23.6. The lowest BCUT2D eigenvalue weighted by molar-refractivity contribution is -0.870. The topological polar surface area (TPSA) is 105 Å². The molecule has 8 nitrogen and oxygen atoms in total. The monoisotopic (exact) mass is 802 g/mol. The molecule has 0 aromatic carbocycles. The number of hydrogen-bond donors (Lipinski definition) is 3. The summed E-state index contributed by atoms with van der Waals surface area (Å²) in [6.45, 7) is 4.84. The maximum Gasteiger partial charge on any atom is 0.472 e. The van der Waals surface area contributed by atoms with Crippen molar-refractivity contribution in [3.05, 3.63) is 12.2 Å². The van der Waals surface area contributed by atoms with Gasteiger partial charge in [0.15, 0.2) is 0 Å². The summed E-state index contributed by atoms with van der Waals surface area (Å²) in [6.07, 6.45) is 44.2. The maximum atomic E-state index is 12.9. The molecule has 55 heavy (non-hydrogen) atoms. The lowest BCUT2D eigenvalue weighted by Gasteiger charge is -2.25. The smallest absolute Gasteiger partial charge is 0.387 e. The molecule has 328 valence electrons. The lowest BCUT2D eigenvalue weighted by Crippen LogP contribution is -2.45. The quantitative estimate of drug-likeness (QED) is 0.0245. The van der Waals surface area contributed by atoms with Crippen molar-refractivity contribution in [1.82, 2.24) is 5.32 Å². The number of phosphoric ester groups is 1. The number of phosphoric acid groups is 1. The van der Waals surface area contributed by atoms with Crippen LogP contribution in [-0.2, 0) is 18.4 Å². The van der Waals surface area contributed by atoms with Crippen LogP contribution in [0, 0.1) is 0 Å². The van der Waals surface area contributed by atoms with Gasteiger partial charge < -0.3 is 19.8 Å². The van der Waals surface area contributed by atoms with E-state index < -0.39 is 20.0 Å². The van der Waals surface area contributed by atoms with Gasteiger partial charge in [-0.1, -0.05) is 212 Å². The Morgan fingerprint density at radius 1 is 0.600 bits per heavy atom. The number of rotatable bonds is 43. The highest BCUT2D eigenvalue weighted by Crippen LogP contribution is 2.43. The number of hydrogen-bond acceptors (Lipinski definition) is 5. The van der Waals surface area contributed by atoms with Gasteiger partial charge in [0.05, 0.1) is 39.9 Å². The number of nitrogens with zero attached hydrogens (tertiary/aromatic N) is 1. The molecule has 0 heterocycles. The van der Waals surface area contributed by atoms with Crippen LogP contribution < -0.4 is 5.32 Å². The van der Waals surface area contributed by atoms with E-state index in [1.165, 1.54) is 173 Å². The second-order valence-electron chi connectivity index (χ2n) is 17.5. The first kappa shape index (κ1) is 54.2. The van der Waals surface area contributed by atoms with Crippen molar-refractivity contribution in [2.75, 3.05) is 40.9 Å². The molecule has 0 saturated heterocycles. The number of unbranched alkanes of at least 4 members (excludes halogenated alkanes) is 30. The molecule has 0 saturated carbocycles. The first-order valence-corrected chi connectivity index (χ1v) is 25.1. The minimum Gasteiger partial charge on any atom is -0.387 e. The molecule has 1 amide bonds. The van der Waals surface area contributed by atoms with Gasteiger partial charge in [0.2, 0.25) is 5.91 Å². The summed E-state index contributed by atoms with van der Waals surface area (Å²) < 4.78 is 23.6. The Kier molecular flexibility index (Phi) is 38.2. The van der Waals surface area contributed by atoms with Gasteiger partial charge in [-0.2, -0.15) is 0 Å². The van der Waals surface area contributed by atoms with Crippen LogP contribution in [0.2, 0.25) is 0 Å². The van der Waals surface area contributed by atoms with Crippen molar-refractivity contribution < 1.29 is 32.9 Å². The average molecular weight is 802 g/mol. The summed E-state index contributed by atoms with van der Waals surface area (Å²) in [4.78, 5) is 23.1. The highest BCUT2D eigenvalue weighted by Gasteiger charge is 2.27. The van der Waals surface area contributed by atoms with Crippen LogP contribution in [0.5, 0.6) is 0 Å². The van der Waals surface area contributed by atoms with Crippen LogP contribution in [0.15, 0.2) is 12.2 Å². The van der Waals surface area contributed by atoms with Gasteiger partial charge in [0.25, 0.3) is 0 Å². The molecule has 0 rings (SSSR count). The van der Waals surface area contributed by atoms with E-state index in [-0.39, 0.29) is 19.1 Å². The Balaban J connectivity index is 4.36. The van der Waals surface area contributed by atoms with Crippen LogP contribution in [0.3, 0.4) is 0 Å². The largest absolute Gasteiger partial charge is 0.472 e. The number of carbonyl (C=O) groups is 1. The van der Waals surface area contributed by atoms with E-state index in [1.54, 1.807) is 6.08 Å². The molecule has 3 N–H and O–H groups in total. The molecule has 0 aromatic rings. The van der Waals surface area contributed by atoms with E-state index in [0.717, 1.165) is 32.1 Å². The average Bonchev–Trinajstić information content (AvgIpc) is 3.13. The third kappa shape index (κ3) is 41.2. The highest BCUT2D eigenvalue weighted by atomic mass is 31.2. The molecule has 0 aliphatic heterocycles. The fourth-order valence-electron chi connectivity index (χ4n) is 6.98. The van der Waals surface area contributed by atoms with Crippen molar-refractivity contribution in [3.8, 4) is 0 Å². The predicted molar refractivity (Wildman–Crippen MR) is 235 cm³/mol. The van der Waals surface area contributed by atoms with Crippen LogP contribution >= 0.6 is 7.82 Å². The third-order valence-electron chi connectivity index (χ3n) is 10.8. The molecule has 9 heteroatoms. The molecule has 0 aliphatic carbocycles. The van der Waals surface area contributed by atoms with Crippen molar-refractivity contribution in [3.63, 3.8) is 0 Å². The van der Waals surface area contributed by atoms with E-state index in [0.29, 0.717) is 17.4 Å². The Morgan fingerprint density at radius 2 is 0.964 bits per heavy atom. The van der Waals surface area contributed by atoms with Gasteiger partial charge in [0, 0.05) is 6.42 Å². The molecule has 0 aromatic heterocycles. The number of allylic oxidation sites excluding steroid dienone is 1. The van der Waals surface area contributed by atoms with Crippen LogP contribution in [-0.4, -0.2) is 73.4 Å². The van der Waals surface area contributed by atoms with Gasteiger partial charge in [-0.15, -0.1) is 0 Å². The Hall–Kier alpha value is -0.760. The van der Waals surface area contributed by atoms with E-state index in [1.807, 2.05) is 27.2 Å². The summed E-state index contributed by atoms with van der Waals surface area (Å²) in [7, 11) is 1.58. The fraction of sp³-hybridized carbons (Fsp3) is 0.935. The van der Waals surface area contributed by atoms with E-state index in [2.05, 4.69) is 19.2 Å². The maximum absolute atomic E-state index is 12.9. The summed E-state index contributed by atoms with van der Waals surface area (Å²) in [5.74, 6) is -0.174. The summed E-state index contributed by atoms with van der Waals surface area (Å²) in [5.41, 5.74) is 0. The molecule has 0 fully saturated rings. The highest BCUT2D eigenvalue weighted by molar-refractivity contribution is 7.47. The minimum atomic E-state index is -4.33. The molecule has 0 radical (unpaired) electrons. The van der Waals surface area contributed by atoms with Crippen LogP contribution in [0.1, 0.15) is 226 Å². The normalized spacial score (nSPS) is 14.4. The van der Waals surface area contributed by atoms with Crippen molar-refractivity contribution in [2.45, 2.75) is 238 Å². The molecule has 0 aliphatic rings. The minimum absolute atomic E-state index is 0.0648. The first-order chi connectivity index (χ1) is 26.5. The standard InChI is InChI=1S/C46H93N2O6P/c1-6-8-10-12-14-16-18-20-22-24-25-27-29-31-33-35-37-39-45(49)44(43-54-55(51,52)53-42-41-48(3,4)5)47-46(50)40-38-36-34-32-30-28-26-23-21-19-17-15-13-11-9-7-2/h37,39,44-45,49H,6-36,38,40-43H2,1-5H3,(H-,47,50,51,52)/p+1/b39-37+. The van der Waals surface area contributed by atoms with Crippen molar-refractivity contribution >= 4 is 13.7 Å². The van der Waals surface area contributed by atoms with Crippen molar-refractivity contribution in [2.24, 2.45) is 0 Å². The zero-order chi connectivity index (χ0) is 40.7. The zero-order valence-electron chi connectivity index (χ0n) is 37.2. The third-order valence-corrected chi connectivity index (χ3v) is 11.7. The van der Waals surface area contributed by atoms with E-state index in [4.69, 9.17) is 9.05 Å².